The summed E-state index contributed by atoms with van der Waals surface area (Å²) in [5.74, 6) is 0.197. The van der Waals surface area contributed by atoms with Crippen LogP contribution >= 0.6 is 0 Å². The van der Waals surface area contributed by atoms with Crippen molar-refractivity contribution in [3.8, 4) is 0 Å². The molecule has 2 N–H and O–H groups in total. The van der Waals surface area contributed by atoms with E-state index in [0.717, 1.165) is 30.5 Å². The van der Waals surface area contributed by atoms with E-state index in [1.807, 2.05) is 12.1 Å². The van der Waals surface area contributed by atoms with Crippen molar-refractivity contribution in [1.82, 2.24) is 20.4 Å². The largest absolute Gasteiger partial charge is 0.338 e. The predicted molar refractivity (Wildman–Crippen MR) is 112 cm³/mol. The van der Waals surface area contributed by atoms with E-state index >= 15 is 0 Å². The average Bonchev–Trinajstić information content (AvgIpc) is 3.21. The Labute approximate surface area is 173 Å². The molecule has 0 aliphatic carbocycles. The SMILES string of the molecule is O=C(c1cc(Cc2n[nH]c(=O)c3ccccc23)ccc1F)N1CC2CCNCC2C1. The number of carbonyl (C=O) groups excluding carboxylic acids is 1. The van der Waals surface area contributed by atoms with Crippen molar-refractivity contribution in [3.63, 3.8) is 0 Å². The van der Waals surface area contributed by atoms with Gasteiger partial charge in [0.1, 0.15) is 5.82 Å². The predicted octanol–water partition coefficient (Wildman–Crippen LogP) is 2.33. The third-order valence-corrected chi connectivity index (χ3v) is 6.37. The van der Waals surface area contributed by atoms with E-state index in [2.05, 4.69) is 15.5 Å². The van der Waals surface area contributed by atoms with Crippen molar-refractivity contribution in [1.29, 1.82) is 0 Å². The normalized spacial score (nSPS) is 21.0. The number of rotatable bonds is 3. The molecule has 2 aromatic carbocycles. The van der Waals surface area contributed by atoms with Gasteiger partial charge in [0, 0.05) is 24.9 Å². The molecule has 1 aromatic heterocycles. The van der Waals surface area contributed by atoms with Gasteiger partial charge in [-0.2, -0.15) is 5.10 Å². The van der Waals surface area contributed by atoms with E-state index in [1.165, 1.54) is 6.07 Å². The number of aromatic nitrogens is 2. The molecule has 2 aliphatic heterocycles. The van der Waals surface area contributed by atoms with Gasteiger partial charge in [-0.25, -0.2) is 9.49 Å². The minimum absolute atomic E-state index is 0.104. The van der Waals surface area contributed by atoms with Gasteiger partial charge in [0.2, 0.25) is 0 Å². The summed E-state index contributed by atoms with van der Waals surface area (Å²) in [6.07, 6.45) is 1.45. The average molecular weight is 406 g/mol. The fraction of sp³-hybridized carbons (Fsp3) is 0.348. The van der Waals surface area contributed by atoms with Gasteiger partial charge in [0.15, 0.2) is 0 Å². The maximum atomic E-state index is 14.6. The van der Waals surface area contributed by atoms with Crippen LogP contribution in [0.1, 0.15) is 28.0 Å². The van der Waals surface area contributed by atoms with Crippen molar-refractivity contribution in [3.05, 3.63) is 75.5 Å². The number of amides is 1. The van der Waals surface area contributed by atoms with Gasteiger partial charge in [-0.15, -0.1) is 0 Å². The Morgan fingerprint density at radius 3 is 2.77 bits per heavy atom. The van der Waals surface area contributed by atoms with Crippen LogP contribution in [0.3, 0.4) is 0 Å². The second kappa shape index (κ2) is 7.65. The molecular formula is C23H23FN4O2. The molecule has 2 saturated heterocycles. The summed E-state index contributed by atoms with van der Waals surface area (Å²) in [7, 11) is 0. The Bertz CT molecular complexity index is 1160. The second-order valence-electron chi connectivity index (χ2n) is 8.26. The second-order valence-corrected chi connectivity index (χ2v) is 8.26. The lowest BCUT2D eigenvalue weighted by atomic mass is 9.90. The summed E-state index contributed by atoms with van der Waals surface area (Å²) in [5, 5.41) is 11.4. The molecule has 6 nitrogen and oxygen atoms in total. The number of H-pyrrole nitrogens is 1. The van der Waals surface area contributed by atoms with E-state index in [0.29, 0.717) is 42.4 Å². The van der Waals surface area contributed by atoms with Crippen LogP contribution in [-0.4, -0.2) is 47.2 Å². The Morgan fingerprint density at radius 2 is 1.93 bits per heavy atom. The molecule has 0 saturated carbocycles. The van der Waals surface area contributed by atoms with Crippen molar-refractivity contribution in [2.45, 2.75) is 12.8 Å². The number of halogens is 1. The minimum atomic E-state index is -0.504. The lowest BCUT2D eigenvalue weighted by Gasteiger charge is -2.23. The number of likely N-dealkylation sites (tertiary alicyclic amines) is 1. The fourth-order valence-corrected chi connectivity index (χ4v) is 4.75. The van der Waals surface area contributed by atoms with Crippen LogP contribution < -0.4 is 10.9 Å². The molecule has 154 valence electrons. The summed E-state index contributed by atoms with van der Waals surface area (Å²) in [4.78, 5) is 26.9. The lowest BCUT2D eigenvalue weighted by molar-refractivity contribution is 0.0779. The van der Waals surface area contributed by atoms with E-state index < -0.39 is 5.82 Å². The molecule has 3 aromatic rings. The number of nitrogens with zero attached hydrogens (tertiary/aromatic N) is 2. The van der Waals surface area contributed by atoms with E-state index in [4.69, 9.17) is 0 Å². The molecular weight excluding hydrogens is 383 g/mol. The monoisotopic (exact) mass is 406 g/mol. The molecule has 0 bridgehead atoms. The Balaban J connectivity index is 1.42. The van der Waals surface area contributed by atoms with E-state index in [1.54, 1.807) is 29.2 Å². The maximum absolute atomic E-state index is 14.6. The number of benzene rings is 2. The fourth-order valence-electron chi connectivity index (χ4n) is 4.75. The topological polar surface area (TPSA) is 78.1 Å². The number of aromatic amines is 1. The highest BCUT2D eigenvalue weighted by atomic mass is 19.1. The number of nitrogens with one attached hydrogen (secondary N) is 2. The van der Waals surface area contributed by atoms with Crippen molar-refractivity contribution in [2.75, 3.05) is 26.2 Å². The Kier molecular flexibility index (Phi) is 4.83. The van der Waals surface area contributed by atoms with Gasteiger partial charge in [0.05, 0.1) is 16.6 Å². The molecule has 2 unspecified atom stereocenters. The van der Waals surface area contributed by atoms with Crippen LogP contribution in [0.5, 0.6) is 0 Å². The van der Waals surface area contributed by atoms with Crippen LogP contribution in [0.15, 0.2) is 47.3 Å². The third-order valence-electron chi connectivity index (χ3n) is 6.37. The highest BCUT2D eigenvalue weighted by molar-refractivity contribution is 5.95. The van der Waals surface area contributed by atoms with Gasteiger partial charge in [-0.3, -0.25) is 9.59 Å². The zero-order valence-corrected chi connectivity index (χ0v) is 16.5. The van der Waals surface area contributed by atoms with Crippen molar-refractivity contribution in [2.24, 2.45) is 11.8 Å². The van der Waals surface area contributed by atoms with E-state index in [9.17, 15) is 14.0 Å². The zero-order chi connectivity index (χ0) is 20.7. The number of hydrogen-bond donors (Lipinski definition) is 2. The molecule has 1 amide bonds. The molecule has 30 heavy (non-hydrogen) atoms. The smallest absolute Gasteiger partial charge is 0.272 e. The first-order valence-corrected chi connectivity index (χ1v) is 10.3. The van der Waals surface area contributed by atoms with Crippen molar-refractivity contribution < 1.29 is 9.18 Å². The summed E-state index contributed by atoms with van der Waals surface area (Å²) < 4.78 is 14.6. The number of hydrogen-bond acceptors (Lipinski definition) is 4. The summed E-state index contributed by atoms with van der Waals surface area (Å²) in [6.45, 7) is 3.27. The minimum Gasteiger partial charge on any atom is -0.338 e. The van der Waals surface area contributed by atoms with Crippen LogP contribution in [0.25, 0.3) is 10.8 Å². The van der Waals surface area contributed by atoms with Crippen LogP contribution in [-0.2, 0) is 6.42 Å². The summed E-state index contributed by atoms with van der Waals surface area (Å²) in [5.41, 5.74) is 1.33. The first-order chi connectivity index (χ1) is 14.6. The summed E-state index contributed by atoms with van der Waals surface area (Å²) >= 11 is 0. The highest BCUT2D eigenvalue weighted by Gasteiger charge is 2.37. The number of carbonyl (C=O) groups is 1. The van der Waals surface area contributed by atoms with Gasteiger partial charge in [-0.05, 0) is 55.1 Å². The Morgan fingerprint density at radius 1 is 1.13 bits per heavy atom. The molecule has 2 fully saturated rings. The zero-order valence-electron chi connectivity index (χ0n) is 16.5. The van der Waals surface area contributed by atoms with Gasteiger partial charge < -0.3 is 10.2 Å². The highest BCUT2D eigenvalue weighted by Crippen LogP contribution is 2.29. The van der Waals surface area contributed by atoms with Gasteiger partial charge in [0.25, 0.3) is 11.5 Å². The molecule has 0 spiro atoms. The molecule has 2 aliphatic rings. The Hall–Kier alpha value is -3.06. The molecule has 3 heterocycles. The quantitative estimate of drug-likeness (QED) is 0.700. The van der Waals surface area contributed by atoms with Crippen molar-refractivity contribution >= 4 is 16.7 Å². The van der Waals surface area contributed by atoms with Crippen LogP contribution in [0, 0.1) is 17.7 Å². The van der Waals surface area contributed by atoms with Crippen LogP contribution in [0.4, 0.5) is 4.39 Å². The maximum Gasteiger partial charge on any atom is 0.272 e. The van der Waals surface area contributed by atoms with Gasteiger partial charge in [-0.1, -0.05) is 24.3 Å². The van der Waals surface area contributed by atoms with E-state index in [-0.39, 0.29) is 17.0 Å². The molecule has 0 radical (unpaired) electrons. The third kappa shape index (κ3) is 3.39. The standard InChI is InChI=1S/C23H23FN4O2/c24-20-6-5-14(10-21-17-3-1-2-4-18(17)22(29)27-26-21)9-19(20)23(30)28-12-15-7-8-25-11-16(15)13-28/h1-6,9,15-16,25H,7-8,10-13H2,(H,27,29). The molecule has 5 rings (SSSR count). The lowest BCUT2D eigenvalue weighted by Crippen LogP contribution is -2.35. The molecule has 7 heteroatoms. The summed E-state index contributed by atoms with van der Waals surface area (Å²) in [6, 6.07) is 11.9. The number of fused-ring (bicyclic) bond motifs is 2. The first kappa shape index (κ1) is 18.9. The van der Waals surface area contributed by atoms with Gasteiger partial charge >= 0.3 is 0 Å². The first-order valence-electron chi connectivity index (χ1n) is 10.3. The number of piperidine rings is 1. The molecule has 2 atom stereocenters. The van der Waals surface area contributed by atoms with Crippen LogP contribution in [0.2, 0.25) is 0 Å².